The molecule has 0 aromatic heterocycles. The first-order valence-corrected chi connectivity index (χ1v) is 3.55. The average Bonchev–Trinajstić information content (AvgIpc) is 2.33. The van der Waals surface area contributed by atoms with Crippen LogP contribution < -0.4 is 4.99 Å². The summed E-state index contributed by atoms with van der Waals surface area (Å²) in [4.78, 5) is 5.24. The summed E-state index contributed by atoms with van der Waals surface area (Å²) in [5.41, 5.74) is 2.88. The Hall–Kier alpha value is -0.760. The molecule has 0 saturated carbocycles. The van der Waals surface area contributed by atoms with Crippen molar-refractivity contribution in [3.63, 3.8) is 0 Å². The summed E-state index contributed by atoms with van der Waals surface area (Å²) in [6.45, 7) is 0. The lowest BCUT2D eigenvalue weighted by molar-refractivity contribution is 1.31. The van der Waals surface area contributed by atoms with E-state index in [9.17, 15) is 0 Å². The van der Waals surface area contributed by atoms with E-state index in [2.05, 4.69) is 11.1 Å². The van der Waals surface area contributed by atoms with Crippen LogP contribution >= 0.6 is 11.8 Å². The summed E-state index contributed by atoms with van der Waals surface area (Å²) in [7, 11) is 0. The van der Waals surface area contributed by atoms with Crippen molar-refractivity contribution in [3.8, 4) is 0 Å². The molecule has 1 aliphatic heterocycles. The molecule has 0 atom stereocenters. The van der Waals surface area contributed by atoms with Crippen molar-refractivity contribution in [2.75, 3.05) is 0 Å². The van der Waals surface area contributed by atoms with Gasteiger partial charge in [0.15, 0.2) is 0 Å². The highest BCUT2D eigenvalue weighted by Gasteiger charge is 2.16. The van der Waals surface area contributed by atoms with Gasteiger partial charge in [-0.2, -0.15) is 0 Å². The maximum atomic E-state index is 4.11. The third kappa shape index (κ3) is 0.754. The molecule has 1 aromatic carbocycles. The van der Waals surface area contributed by atoms with Crippen molar-refractivity contribution in [1.82, 2.24) is 4.99 Å². The molecular weight excluding hydrogens is 130 g/mol. The molecule has 0 N–H and O–H groups in total. The molecule has 9 heavy (non-hydrogen) atoms. The lowest BCUT2D eigenvalue weighted by Crippen LogP contribution is -1.71. The van der Waals surface area contributed by atoms with E-state index < -0.39 is 0 Å². The van der Waals surface area contributed by atoms with Crippen LogP contribution in [0.1, 0.15) is 0 Å². The fraction of sp³-hybridized carbons (Fsp3) is 0. The normalized spacial score (nSPS) is 13.8. The molecule has 1 nitrogen and oxygen atoms in total. The maximum absolute atomic E-state index is 4.11. The molecule has 1 aromatic rings. The van der Waals surface area contributed by atoms with Crippen LogP contribution in [0.4, 0.5) is 5.69 Å². The molecule has 0 amide bonds. The Bertz CT molecular complexity index is 255. The molecule has 1 heterocycles. The zero-order chi connectivity index (χ0) is 6.10. The Morgan fingerprint density at radius 3 is 3.44 bits per heavy atom. The third-order valence-electron chi connectivity index (χ3n) is 1.16. The first-order valence-electron chi connectivity index (χ1n) is 2.67. The van der Waals surface area contributed by atoms with Gasteiger partial charge >= 0.3 is 0 Å². The van der Waals surface area contributed by atoms with Crippen molar-refractivity contribution in [2.45, 2.75) is 4.90 Å². The van der Waals surface area contributed by atoms with E-state index in [1.54, 1.807) is 11.8 Å². The number of benzene rings is 1. The summed E-state index contributed by atoms with van der Waals surface area (Å²) in [6, 6.07) is 8.93. The summed E-state index contributed by atoms with van der Waals surface area (Å²) in [5.74, 6) is 0. The largest absolute Gasteiger partial charge is 0.292 e. The number of thioether (sulfide) groups is 1. The van der Waals surface area contributed by atoms with Crippen molar-refractivity contribution in [3.05, 3.63) is 24.3 Å². The summed E-state index contributed by atoms with van der Waals surface area (Å²) >= 11 is 1.62. The van der Waals surface area contributed by atoms with E-state index >= 15 is 0 Å². The fourth-order valence-corrected chi connectivity index (χ4v) is 1.39. The van der Waals surface area contributed by atoms with E-state index in [1.807, 2.05) is 23.7 Å². The molecule has 0 fully saturated rings. The van der Waals surface area contributed by atoms with Crippen LogP contribution in [0.15, 0.2) is 23.1 Å². The number of fused-ring (bicyclic) bond motifs is 1. The average molecular weight is 134 g/mol. The van der Waals surface area contributed by atoms with Crippen LogP contribution in [-0.4, -0.2) is 5.55 Å². The zero-order valence-corrected chi connectivity index (χ0v) is 5.48. The molecule has 0 bridgehead atoms. The van der Waals surface area contributed by atoms with Gasteiger partial charge in [0.25, 0.3) is 11.2 Å². The number of nitrogens with zero attached hydrogens (tertiary/aromatic N) is 1. The smallest absolute Gasteiger partial charge is 0.0547 e. The Morgan fingerprint density at radius 2 is 2.56 bits per heavy atom. The minimum atomic E-state index is 1.04. The van der Waals surface area contributed by atoms with Crippen LogP contribution in [-0.2, 0) is 0 Å². The Kier molecular flexibility index (Phi) is 1.06. The Labute approximate surface area is 57.8 Å². The van der Waals surface area contributed by atoms with Gasteiger partial charge in [-0.1, -0.05) is 12.1 Å². The maximum Gasteiger partial charge on any atom is 0.292 e. The van der Waals surface area contributed by atoms with Gasteiger partial charge < -0.3 is 0 Å². The quantitative estimate of drug-likeness (QED) is 0.525. The first-order chi connectivity index (χ1) is 4.47. The molecule has 0 saturated heterocycles. The molecular formula is C7H4NS+. The van der Waals surface area contributed by atoms with E-state index in [4.69, 9.17) is 0 Å². The SMILES string of the molecule is [c]1cccc2c1SC=[N+]2. The lowest BCUT2D eigenvalue weighted by Gasteiger charge is -1.80. The predicted molar refractivity (Wildman–Crippen MR) is 39.0 cm³/mol. The Morgan fingerprint density at radius 1 is 1.56 bits per heavy atom. The van der Waals surface area contributed by atoms with E-state index in [0.29, 0.717) is 0 Å². The second-order valence-electron chi connectivity index (χ2n) is 1.74. The van der Waals surface area contributed by atoms with Crippen LogP contribution in [0.3, 0.4) is 0 Å². The molecule has 2 radical (unpaired) electrons. The van der Waals surface area contributed by atoms with Gasteiger partial charge in [-0.3, -0.25) is 0 Å². The van der Waals surface area contributed by atoms with Gasteiger partial charge in [0, 0.05) is 12.1 Å². The number of hydrogen-bond donors (Lipinski definition) is 0. The minimum absolute atomic E-state index is 1.04. The summed E-state index contributed by atoms with van der Waals surface area (Å²) in [5, 5.41) is 0. The van der Waals surface area contributed by atoms with Crippen LogP contribution in [0.25, 0.3) is 0 Å². The van der Waals surface area contributed by atoms with E-state index in [1.165, 1.54) is 0 Å². The molecule has 1 aliphatic rings. The zero-order valence-electron chi connectivity index (χ0n) is 4.66. The Balaban J connectivity index is 2.63. The van der Waals surface area contributed by atoms with Gasteiger partial charge in [0.05, 0.1) is 4.99 Å². The first kappa shape index (κ1) is 5.06. The highest BCUT2D eigenvalue weighted by atomic mass is 32.2. The van der Waals surface area contributed by atoms with Gasteiger partial charge in [0.1, 0.15) is 4.90 Å². The monoisotopic (exact) mass is 134 g/mol. The summed E-state index contributed by atoms with van der Waals surface area (Å²) < 4.78 is 0. The lowest BCUT2D eigenvalue weighted by atomic mass is 10.3. The molecule has 0 unspecified atom stereocenters. The molecule has 0 spiro atoms. The van der Waals surface area contributed by atoms with Crippen molar-refractivity contribution >= 4 is 23.0 Å². The minimum Gasteiger partial charge on any atom is -0.0547 e. The summed E-state index contributed by atoms with van der Waals surface area (Å²) in [6.07, 6.45) is 0. The van der Waals surface area contributed by atoms with Crippen molar-refractivity contribution < 1.29 is 0 Å². The third-order valence-corrected chi connectivity index (χ3v) is 1.93. The van der Waals surface area contributed by atoms with Gasteiger partial charge in [-0.25, -0.2) is 0 Å². The highest BCUT2D eigenvalue weighted by Crippen LogP contribution is 2.27. The van der Waals surface area contributed by atoms with Crippen molar-refractivity contribution in [1.29, 1.82) is 0 Å². The standard InChI is InChI=1S/C7H4NS/c1-2-4-7-6(3-1)8-5-9-7/h1-3,5H/q+1. The molecule has 2 rings (SSSR count). The van der Waals surface area contributed by atoms with Gasteiger partial charge in [-0.05, 0) is 11.8 Å². The number of hydrogen-bond acceptors (Lipinski definition) is 2. The van der Waals surface area contributed by atoms with Crippen molar-refractivity contribution in [2.24, 2.45) is 0 Å². The second-order valence-corrected chi connectivity index (χ2v) is 2.59. The van der Waals surface area contributed by atoms with Crippen LogP contribution in [0, 0.1) is 6.07 Å². The topological polar surface area (TPSA) is 14.1 Å². The number of aliphatic imine (C=N–C) groups is 1. The van der Waals surface area contributed by atoms with Gasteiger partial charge in [-0.15, -0.1) is 0 Å². The highest BCUT2D eigenvalue weighted by molar-refractivity contribution is 8.12. The van der Waals surface area contributed by atoms with E-state index in [0.717, 1.165) is 10.6 Å². The number of rotatable bonds is 0. The molecule has 0 aliphatic carbocycles. The van der Waals surface area contributed by atoms with Gasteiger partial charge in [0.2, 0.25) is 0 Å². The predicted octanol–water partition coefficient (Wildman–Crippen LogP) is 1.59. The molecule has 2 heteroatoms. The molecule has 42 valence electrons. The van der Waals surface area contributed by atoms with Crippen LogP contribution in [0.2, 0.25) is 0 Å². The fourth-order valence-electron chi connectivity index (χ4n) is 0.745. The van der Waals surface area contributed by atoms with E-state index in [-0.39, 0.29) is 0 Å². The van der Waals surface area contributed by atoms with Crippen LogP contribution in [0.5, 0.6) is 0 Å². The second kappa shape index (κ2) is 1.88.